The van der Waals surface area contributed by atoms with Crippen LogP contribution < -0.4 is 10.5 Å². The first kappa shape index (κ1) is 11.3. The van der Waals surface area contributed by atoms with Gasteiger partial charge in [0.25, 0.3) is 0 Å². The molecule has 0 atom stereocenters. The van der Waals surface area contributed by atoms with Crippen molar-refractivity contribution in [3.8, 4) is 5.75 Å². The van der Waals surface area contributed by atoms with Crippen molar-refractivity contribution < 1.29 is 9.47 Å². The number of rotatable bonds is 2. The first-order valence-electron chi connectivity index (χ1n) is 5.99. The lowest BCUT2D eigenvalue weighted by Gasteiger charge is -2.43. The van der Waals surface area contributed by atoms with E-state index in [4.69, 9.17) is 26.8 Å². The zero-order chi connectivity index (χ0) is 11.9. The highest BCUT2D eigenvalue weighted by molar-refractivity contribution is 6.31. The first-order chi connectivity index (χ1) is 8.27. The molecule has 2 N–H and O–H groups in total. The van der Waals surface area contributed by atoms with Gasteiger partial charge in [0.05, 0.1) is 6.61 Å². The van der Waals surface area contributed by atoms with Gasteiger partial charge in [-0.25, -0.2) is 0 Å². The summed E-state index contributed by atoms with van der Waals surface area (Å²) in [5.41, 5.74) is 8.26. The summed E-state index contributed by atoms with van der Waals surface area (Å²) in [4.78, 5) is 0. The summed E-state index contributed by atoms with van der Waals surface area (Å²) < 4.78 is 10.9. The Morgan fingerprint density at radius 1 is 1.35 bits per heavy atom. The molecule has 0 saturated heterocycles. The Labute approximate surface area is 106 Å². The summed E-state index contributed by atoms with van der Waals surface area (Å²) in [5.74, 6) is 0.898. The van der Waals surface area contributed by atoms with Crippen molar-refractivity contribution in [2.24, 2.45) is 5.73 Å². The lowest BCUT2D eigenvalue weighted by molar-refractivity contribution is -0.0178. The van der Waals surface area contributed by atoms with Gasteiger partial charge >= 0.3 is 0 Å². The van der Waals surface area contributed by atoms with Crippen molar-refractivity contribution in [1.82, 2.24) is 0 Å². The average molecular weight is 254 g/mol. The molecule has 1 aromatic carbocycles. The van der Waals surface area contributed by atoms with E-state index in [0.29, 0.717) is 19.9 Å². The average Bonchev–Trinajstić information content (AvgIpc) is 2.31. The van der Waals surface area contributed by atoms with E-state index in [1.54, 1.807) is 0 Å². The molecule has 1 aliphatic heterocycles. The van der Waals surface area contributed by atoms with E-state index in [1.807, 2.05) is 12.1 Å². The summed E-state index contributed by atoms with van der Waals surface area (Å²) in [6.45, 7) is 1.54. The van der Waals surface area contributed by atoms with E-state index in [9.17, 15) is 0 Å². The van der Waals surface area contributed by atoms with Crippen molar-refractivity contribution in [1.29, 1.82) is 0 Å². The third-order valence-electron chi connectivity index (χ3n) is 3.99. The summed E-state index contributed by atoms with van der Waals surface area (Å²) in [6, 6.07) is 3.84. The molecule has 2 aliphatic rings. The van der Waals surface area contributed by atoms with Crippen LogP contribution in [0.1, 0.15) is 30.4 Å². The molecule has 3 nitrogen and oxygen atoms in total. The molecule has 1 aromatic rings. The van der Waals surface area contributed by atoms with Crippen LogP contribution in [0.3, 0.4) is 0 Å². The Morgan fingerprint density at radius 2 is 2.18 bits per heavy atom. The molecule has 1 aliphatic carbocycles. The molecule has 3 rings (SSSR count). The first-order valence-corrected chi connectivity index (χ1v) is 6.37. The molecule has 1 heterocycles. The predicted octanol–water partition coefficient (Wildman–Crippen LogP) is 2.59. The van der Waals surface area contributed by atoms with E-state index < -0.39 is 0 Å². The van der Waals surface area contributed by atoms with E-state index in [0.717, 1.165) is 34.7 Å². The van der Waals surface area contributed by atoms with Gasteiger partial charge in [-0.2, -0.15) is 0 Å². The Bertz CT molecular complexity index is 438. The van der Waals surface area contributed by atoms with E-state index in [1.165, 1.54) is 6.42 Å². The van der Waals surface area contributed by atoms with Crippen LogP contribution in [0.5, 0.6) is 5.75 Å². The van der Waals surface area contributed by atoms with E-state index >= 15 is 0 Å². The van der Waals surface area contributed by atoms with Gasteiger partial charge in [0.1, 0.15) is 5.75 Å². The maximum absolute atomic E-state index is 6.37. The SMILES string of the molecule is NCC1(c2c(Cl)ccc3c2COCO3)CCC1. The minimum Gasteiger partial charge on any atom is -0.467 e. The minimum atomic E-state index is 0.0481. The largest absolute Gasteiger partial charge is 0.467 e. The Morgan fingerprint density at radius 3 is 2.82 bits per heavy atom. The van der Waals surface area contributed by atoms with Crippen LogP contribution in [0.2, 0.25) is 5.02 Å². The van der Waals surface area contributed by atoms with Crippen LogP contribution in [0.4, 0.5) is 0 Å². The van der Waals surface area contributed by atoms with Gasteiger partial charge < -0.3 is 15.2 Å². The smallest absolute Gasteiger partial charge is 0.189 e. The van der Waals surface area contributed by atoms with Gasteiger partial charge in [0, 0.05) is 22.5 Å². The maximum atomic E-state index is 6.37. The number of halogens is 1. The molecule has 92 valence electrons. The highest BCUT2D eigenvalue weighted by Gasteiger charge is 2.41. The molecule has 0 unspecified atom stereocenters. The molecule has 1 fully saturated rings. The normalized spacial score (nSPS) is 21.3. The standard InChI is InChI=1S/C13H16ClNO2/c14-10-2-3-11-9(6-16-8-17-11)12(10)13(7-15)4-1-5-13/h2-3H,1,4-8,15H2. The lowest BCUT2D eigenvalue weighted by atomic mass is 9.63. The number of hydrogen-bond donors (Lipinski definition) is 1. The fourth-order valence-corrected chi connectivity index (χ4v) is 3.24. The van der Waals surface area contributed by atoms with Crippen LogP contribution in [0, 0.1) is 0 Å². The summed E-state index contributed by atoms with van der Waals surface area (Å²) in [7, 11) is 0. The van der Waals surface area contributed by atoms with Crippen molar-refractivity contribution in [3.63, 3.8) is 0 Å². The molecular weight excluding hydrogens is 238 g/mol. The summed E-state index contributed by atoms with van der Waals surface area (Å²) in [5, 5.41) is 0.794. The lowest BCUT2D eigenvalue weighted by Crippen LogP contribution is -2.43. The van der Waals surface area contributed by atoms with Gasteiger partial charge in [-0.1, -0.05) is 18.0 Å². The maximum Gasteiger partial charge on any atom is 0.189 e. The quantitative estimate of drug-likeness (QED) is 0.881. The summed E-state index contributed by atoms with van der Waals surface area (Å²) >= 11 is 6.37. The molecule has 17 heavy (non-hydrogen) atoms. The van der Waals surface area contributed by atoms with Gasteiger partial charge in [0.2, 0.25) is 0 Å². The Balaban J connectivity index is 2.14. The van der Waals surface area contributed by atoms with Crippen molar-refractivity contribution >= 4 is 11.6 Å². The predicted molar refractivity (Wildman–Crippen MR) is 66.3 cm³/mol. The van der Waals surface area contributed by atoms with Crippen molar-refractivity contribution in [2.75, 3.05) is 13.3 Å². The van der Waals surface area contributed by atoms with Crippen LogP contribution in [0.25, 0.3) is 0 Å². The third-order valence-corrected chi connectivity index (χ3v) is 4.31. The minimum absolute atomic E-state index is 0.0481. The highest BCUT2D eigenvalue weighted by atomic mass is 35.5. The number of nitrogens with two attached hydrogens (primary N) is 1. The topological polar surface area (TPSA) is 44.5 Å². The van der Waals surface area contributed by atoms with Crippen LogP contribution in [0.15, 0.2) is 12.1 Å². The number of hydrogen-bond acceptors (Lipinski definition) is 3. The Hall–Kier alpha value is -0.770. The zero-order valence-electron chi connectivity index (χ0n) is 9.67. The van der Waals surface area contributed by atoms with E-state index in [2.05, 4.69) is 0 Å². The number of ether oxygens (including phenoxy) is 2. The second-order valence-corrected chi connectivity index (χ2v) is 5.25. The molecule has 0 bridgehead atoms. The molecule has 0 radical (unpaired) electrons. The number of benzene rings is 1. The van der Waals surface area contributed by atoms with Crippen molar-refractivity contribution in [2.45, 2.75) is 31.3 Å². The third kappa shape index (κ3) is 1.65. The van der Waals surface area contributed by atoms with Gasteiger partial charge in [-0.15, -0.1) is 0 Å². The van der Waals surface area contributed by atoms with Gasteiger partial charge in [-0.3, -0.25) is 0 Å². The van der Waals surface area contributed by atoms with Gasteiger partial charge in [0.15, 0.2) is 6.79 Å². The summed E-state index contributed by atoms with van der Waals surface area (Å²) in [6.07, 6.45) is 3.44. The van der Waals surface area contributed by atoms with Crippen LogP contribution >= 0.6 is 11.6 Å². The molecule has 1 saturated carbocycles. The molecule has 4 heteroatoms. The monoisotopic (exact) mass is 253 g/mol. The van der Waals surface area contributed by atoms with Crippen LogP contribution in [-0.2, 0) is 16.8 Å². The van der Waals surface area contributed by atoms with Gasteiger partial charge in [-0.05, 0) is 30.5 Å². The van der Waals surface area contributed by atoms with E-state index in [-0.39, 0.29) is 5.41 Å². The Kier molecular flexibility index (Phi) is 2.77. The fraction of sp³-hybridized carbons (Fsp3) is 0.538. The molecule has 0 aromatic heterocycles. The molecule has 0 spiro atoms. The second-order valence-electron chi connectivity index (χ2n) is 4.85. The number of fused-ring (bicyclic) bond motifs is 1. The van der Waals surface area contributed by atoms with Crippen LogP contribution in [-0.4, -0.2) is 13.3 Å². The second kappa shape index (κ2) is 4.16. The van der Waals surface area contributed by atoms with Crippen molar-refractivity contribution in [3.05, 3.63) is 28.3 Å². The molecule has 0 amide bonds. The zero-order valence-corrected chi connectivity index (χ0v) is 10.4. The highest BCUT2D eigenvalue weighted by Crippen LogP contribution is 2.49. The molecular formula is C13H16ClNO2. The fourth-order valence-electron chi connectivity index (χ4n) is 2.86.